The summed E-state index contributed by atoms with van der Waals surface area (Å²) < 4.78 is 4.64. The highest BCUT2D eigenvalue weighted by molar-refractivity contribution is 6.42. The number of amides is 1. The molecular formula is C14H8Cl2N4O2. The number of carbonyl (C=O) groups excluding carboxylic acids is 1. The van der Waals surface area contributed by atoms with Gasteiger partial charge in [0.2, 0.25) is 0 Å². The summed E-state index contributed by atoms with van der Waals surface area (Å²) in [4.78, 5) is 20.2. The number of hydrogen-bond acceptors (Lipinski definition) is 5. The van der Waals surface area contributed by atoms with Crippen LogP contribution < -0.4 is 5.32 Å². The summed E-state index contributed by atoms with van der Waals surface area (Å²) >= 11 is 11.9. The molecule has 2 aromatic heterocycles. The Bertz CT molecular complexity index is 821. The molecule has 2 heterocycles. The molecule has 0 unspecified atom stereocenters. The summed E-state index contributed by atoms with van der Waals surface area (Å²) in [5.41, 5.74) is 1.48. The van der Waals surface area contributed by atoms with Gasteiger partial charge in [-0.15, -0.1) is 0 Å². The third-order valence-electron chi connectivity index (χ3n) is 2.79. The van der Waals surface area contributed by atoms with Gasteiger partial charge in [-0.1, -0.05) is 34.4 Å². The van der Waals surface area contributed by atoms with Gasteiger partial charge < -0.3 is 9.84 Å². The van der Waals surface area contributed by atoms with Gasteiger partial charge in [0, 0.05) is 11.6 Å². The van der Waals surface area contributed by atoms with Gasteiger partial charge in [-0.3, -0.25) is 4.79 Å². The van der Waals surface area contributed by atoms with Crippen LogP contribution in [0, 0.1) is 0 Å². The molecule has 0 spiro atoms. The molecule has 0 bridgehead atoms. The second-order valence-electron chi connectivity index (χ2n) is 4.26. The third-order valence-corrected chi connectivity index (χ3v) is 3.53. The van der Waals surface area contributed by atoms with Crippen molar-refractivity contribution < 1.29 is 9.32 Å². The van der Waals surface area contributed by atoms with Gasteiger partial charge in [0.05, 0.1) is 15.7 Å². The van der Waals surface area contributed by atoms with Crippen molar-refractivity contribution in [2.45, 2.75) is 0 Å². The van der Waals surface area contributed by atoms with Gasteiger partial charge >= 0.3 is 0 Å². The highest BCUT2D eigenvalue weighted by Gasteiger charge is 2.12. The molecule has 22 heavy (non-hydrogen) atoms. The largest absolute Gasteiger partial charge is 0.363 e. The standard InChI is InChI=1S/C14H8Cl2N4O2/c15-9-2-1-8(5-10(9)16)11-6-12(18-7-17-11)14(21)19-13-3-4-22-20-13/h1-7H,(H,19,20,21). The van der Waals surface area contributed by atoms with Crippen LogP contribution >= 0.6 is 23.2 Å². The lowest BCUT2D eigenvalue weighted by Crippen LogP contribution is -2.14. The van der Waals surface area contributed by atoms with Gasteiger partial charge in [0.25, 0.3) is 5.91 Å². The predicted molar refractivity (Wildman–Crippen MR) is 81.9 cm³/mol. The van der Waals surface area contributed by atoms with Crippen LogP contribution in [-0.4, -0.2) is 21.0 Å². The van der Waals surface area contributed by atoms with Crippen LogP contribution in [0.5, 0.6) is 0 Å². The average molecular weight is 335 g/mol. The first kappa shape index (κ1) is 14.5. The number of halogens is 2. The maximum Gasteiger partial charge on any atom is 0.275 e. The van der Waals surface area contributed by atoms with Crippen molar-refractivity contribution in [3.05, 3.63) is 58.7 Å². The Balaban J connectivity index is 1.88. The van der Waals surface area contributed by atoms with Crippen LogP contribution in [0.2, 0.25) is 10.0 Å². The molecule has 1 amide bonds. The lowest BCUT2D eigenvalue weighted by Gasteiger charge is -2.05. The molecule has 1 aromatic carbocycles. The van der Waals surface area contributed by atoms with Crippen LogP contribution in [0.4, 0.5) is 5.82 Å². The minimum atomic E-state index is -0.419. The minimum Gasteiger partial charge on any atom is -0.363 e. The first-order valence-corrected chi connectivity index (χ1v) is 6.88. The molecule has 0 fully saturated rings. The normalized spacial score (nSPS) is 10.5. The van der Waals surface area contributed by atoms with E-state index in [1.54, 1.807) is 24.3 Å². The predicted octanol–water partition coefficient (Wildman–Crippen LogP) is 3.69. The Morgan fingerprint density at radius 2 is 1.95 bits per heavy atom. The topological polar surface area (TPSA) is 80.9 Å². The van der Waals surface area contributed by atoms with Crippen molar-refractivity contribution in [3.8, 4) is 11.3 Å². The number of aromatic nitrogens is 3. The summed E-state index contributed by atoms with van der Waals surface area (Å²) in [5, 5.41) is 7.01. The van der Waals surface area contributed by atoms with E-state index in [0.717, 1.165) is 5.56 Å². The summed E-state index contributed by atoms with van der Waals surface area (Å²) in [6.07, 6.45) is 2.66. The molecule has 8 heteroatoms. The SMILES string of the molecule is O=C(Nc1ccon1)c1cc(-c2ccc(Cl)c(Cl)c2)ncn1. The maximum atomic E-state index is 12.1. The van der Waals surface area contributed by atoms with Crippen LogP contribution in [-0.2, 0) is 0 Å². The Morgan fingerprint density at radius 1 is 1.09 bits per heavy atom. The number of hydrogen-bond donors (Lipinski definition) is 1. The number of nitrogens with zero attached hydrogens (tertiary/aromatic N) is 3. The van der Waals surface area contributed by atoms with Crippen LogP contribution in [0.15, 0.2) is 47.4 Å². The van der Waals surface area contributed by atoms with Crippen molar-refractivity contribution in [3.63, 3.8) is 0 Å². The molecule has 0 saturated carbocycles. The third kappa shape index (κ3) is 3.08. The van der Waals surface area contributed by atoms with Crippen molar-refractivity contribution >= 4 is 34.9 Å². The molecule has 0 aliphatic heterocycles. The fourth-order valence-corrected chi connectivity index (χ4v) is 2.05. The molecule has 3 aromatic rings. The van der Waals surface area contributed by atoms with Gasteiger partial charge in [-0.25, -0.2) is 9.97 Å². The number of benzene rings is 1. The van der Waals surface area contributed by atoms with E-state index in [2.05, 4.69) is 25.0 Å². The highest BCUT2D eigenvalue weighted by atomic mass is 35.5. The number of carbonyl (C=O) groups is 1. The number of nitrogens with one attached hydrogen (secondary N) is 1. The van der Waals surface area contributed by atoms with E-state index in [1.165, 1.54) is 18.7 Å². The fourth-order valence-electron chi connectivity index (χ4n) is 1.75. The van der Waals surface area contributed by atoms with Gasteiger partial charge in [0.1, 0.15) is 18.3 Å². The monoisotopic (exact) mass is 334 g/mol. The van der Waals surface area contributed by atoms with Crippen LogP contribution in [0.1, 0.15) is 10.5 Å². The smallest absolute Gasteiger partial charge is 0.275 e. The summed E-state index contributed by atoms with van der Waals surface area (Å²) in [7, 11) is 0. The molecule has 6 nitrogen and oxygen atoms in total. The zero-order chi connectivity index (χ0) is 15.5. The van der Waals surface area contributed by atoms with E-state index in [-0.39, 0.29) is 5.69 Å². The van der Waals surface area contributed by atoms with Crippen LogP contribution in [0.25, 0.3) is 11.3 Å². The molecule has 110 valence electrons. The maximum absolute atomic E-state index is 12.1. The Labute approximate surface area is 135 Å². The van der Waals surface area contributed by atoms with E-state index in [0.29, 0.717) is 21.6 Å². The lowest BCUT2D eigenvalue weighted by molar-refractivity contribution is 0.102. The number of rotatable bonds is 3. The van der Waals surface area contributed by atoms with Gasteiger partial charge in [-0.05, 0) is 18.2 Å². The second kappa shape index (κ2) is 6.13. The molecule has 0 saturated heterocycles. The molecule has 0 aliphatic rings. The minimum absolute atomic E-state index is 0.194. The van der Waals surface area contributed by atoms with Gasteiger partial charge in [-0.2, -0.15) is 0 Å². The average Bonchev–Trinajstić information content (AvgIpc) is 3.03. The first-order chi connectivity index (χ1) is 10.6. The van der Waals surface area contributed by atoms with E-state index < -0.39 is 5.91 Å². The van der Waals surface area contributed by atoms with Gasteiger partial charge in [0.15, 0.2) is 5.82 Å². The molecule has 0 atom stereocenters. The Morgan fingerprint density at radius 3 is 2.68 bits per heavy atom. The zero-order valence-electron chi connectivity index (χ0n) is 11.0. The quantitative estimate of drug-likeness (QED) is 0.789. The van der Waals surface area contributed by atoms with E-state index in [9.17, 15) is 4.79 Å². The fraction of sp³-hybridized carbons (Fsp3) is 0. The highest BCUT2D eigenvalue weighted by Crippen LogP contribution is 2.27. The van der Waals surface area contributed by atoms with Crippen molar-refractivity contribution in [2.24, 2.45) is 0 Å². The molecule has 3 rings (SSSR count). The van der Waals surface area contributed by atoms with Crippen molar-refractivity contribution in [1.82, 2.24) is 15.1 Å². The first-order valence-electron chi connectivity index (χ1n) is 6.12. The van der Waals surface area contributed by atoms with E-state index in [1.807, 2.05) is 0 Å². The lowest BCUT2D eigenvalue weighted by atomic mass is 10.1. The molecule has 0 radical (unpaired) electrons. The second-order valence-corrected chi connectivity index (χ2v) is 5.07. The zero-order valence-corrected chi connectivity index (χ0v) is 12.5. The van der Waals surface area contributed by atoms with Crippen LogP contribution in [0.3, 0.4) is 0 Å². The van der Waals surface area contributed by atoms with E-state index >= 15 is 0 Å². The number of anilines is 1. The molecule has 0 aliphatic carbocycles. The summed E-state index contributed by atoms with van der Waals surface area (Å²) in [6.45, 7) is 0. The Kier molecular flexibility index (Phi) is 4.04. The van der Waals surface area contributed by atoms with E-state index in [4.69, 9.17) is 23.2 Å². The molecular weight excluding hydrogens is 327 g/mol. The molecule has 1 N–H and O–H groups in total. The van der Waals surface area contributed by atoms with Crippen molar-refractivity contribution in [1.29, 1.82) is 0 Å². The summed E-state index contributed by atoms with van der Waals surface area (Å²) in [5.74, 6) is -0.114. The Hall–Kier alpha value is -2.44. The van der Waals surface area contributed by atoms with Crippen molar-refractivity contribution in [2.75, 3.05) is 5.32 Å². The summed E-state index contributed by atoms with van der Waals surface area (Å²) in [6, 6.07) is 8.17.